The summed E-state index contributed by atoms with van der Waals surface area (Å²) < 4.78 is 22.1. The van der Waals surface area contributed by atoms with Crippen molar-refractivity contribution in [3.63, 3.8) is 0 Å². The number of carbonyl (C=O) groups excluding carboxylic acids is 1. The molecule has 1 spiro atoms. The Labute approximate surface area is 532 Å². The number of phenols is 2. The molecule has 6 heterocycles. The monoisotopic (exact) mass is 1240 g/mol. The molecule has 3 fully saturated rings. The first kappa shape index (κ1) is 60.6. The van der Waals surface area contributed by atoms with Crippen molar-refractivity contribution in [3.8, 4) is 17.2 Å². The van der Waals surface area contributed by atoms with Gasteiger partial charge in [0.2, 0.25) is 0 Å². The Kier molecular flexibility index (Phi) is 15.0. The largest absolute Gasteiger partial charge is 0.508 e. The smallest absolute Gasteiger partial charge is 0.337 e. The molecule has 1 aromatic heterocycles. The van der Waals surface area contributed by atoms with E-state index in [0.717, 1.165) is 70.2 Å². The van der Waals surface area contributed by atoms with Crippen molar-refractivity contribution in [2.75, 3.05) is 13.2 Å². The number of allylic oxidation sites excluding steroid dienone is 5. The SMILES string of the molecule is C/C=C(\C(=O)O[C@@H]1Cc2c3c(c4oc(CO)cc(=O)c4c2O)[C@H]2C4=CCNC(N)=C4[C@@H]([C@@H]4CCC5=C6C=C[C@@H](C)NC6NC=C5C[C@H]4[C@]1(C)O3)C1(CCCC1)Cc1ccc(O)cc1[C@H]2CO)[C@]1(O)C[C@@H]2C[C@H]1C[C@H]1C[C@@H](C[C@H](O)CC(C)C)[C@H](O)c3cccc2c31. The summed E-state index contributed by atoms with van der Waals surface area (Å²) in [5.41, 5.74) is 14.4. The highest BCUT2D eigenvalue weighted by atomic mass is 16.6. The van der Waals surface area contributed by atoms with Gasteiger partial charge in [0.15, 0.2) is 5.43 Å². The molecule has 3 aromatic carbocycles. The molecule has 6 bridgehead atoms. The highest BCUT2D eigenvalue weighted by Gasteiger charge is 2.63. The average Bonchev–Trinajstić information content (AvgIpc) is 1.70. The Hall–Kier alpha value is -6.66. The second kappa shape index (κ2) is 22.5. The van der Waals surface area contributed by atoms with Gasteiger partial charge in [-0.25, -0.2) is 4.79 Å². The van der Waals surface area contributed by atoms with Gasteiger partial charge < -0.3 is 66.0 Å². The van der Waals surface area contributed by atoms with Crippen LogP contribution in [0, 0.1) is 40.9 Å². The Balaban J connectivity index is 0.934. The van der Waals surface area contributed by atoms with E-state index in [0.29, 0.717) is 81.6 Å². The molecule has 11 aliphatic rings. The maximum atomic E-state index is 16.2. The Bertz CT molecular complexity index is 3920. The van der Waals surface area contributed by atoms with Crippen LogP contribution in [0.4, 0.5) is 0 Å². The molecule has 482 valence electrons. The molecule has 15 rings (SSSR count). The van der Waals surface area contributed by atoms with E-state index in [1.807, 2.05) is 25.1 Å². The molecule has 16 heteroatoms. The van der Waals surface area contributed by atoms with Crippen molar-refractivity contribution in [2.24, 2.45) is 46.7 Å². The zero-order valence-electron chi connectivity index (χ0n) is 53.1. The molecule has 3 saturated carbocycles. The Morgan fingerprint density at radius 3 is 2.56 bits per heavy atom. The van der Waals surface area contributed by atoms with Crippen LogP contribution >= 0.6 is 0 Å². The van der Waals surface area contributed by atoms with E-state index in [2.05, 4.69) is 67.2 Å². The van der Waals surface area contributed by atoms with Gasteiger partial charge >= 0.3 is 5.97 Å². The van der Waals surface area contributed by atoms with Gasteiger partial charge in [-0.1, -0.05) is 75.3 Å². The zero-order chi connectivity index (χ0) is 63.3. The first-order valence-corrected chi connectivity index (χ1v) is 34.0. The third-order valence-electron chi connectivity index (χ3n) is 24.5. The molecular formula is C75H90N4O12. The second-order valence-electron chi connectivity index (χ2n) is 29.9. The van der Waals surface area contributed by atoms with Gasteiger partial charge in [-0.2, -0.15) is 0 Å². The molecule has 16 atom stereocenters. The van der Waals surface area contributed by atoms with E-state index in [1.54, 1.807) is 25.1 Å². The topological polar surface area (TPSA) is 269 Å². The minimum Gasteiger partial charge on any atom is -0.508 e. The van der Waals surface area contributed by atoms with Gasteiger partial charge in [-0.05, 0) is 212 Å². The molecule has 6 aliphatic carbocycles. The molecule has 5 aliphatic heterocycles. The fourth-order valence-electron chi connectivity index (χ4n) is 20.8. The zero-order valence-corrected chi connectivity index (χ0v) is 53.1. The van der Waals surface area contributed by atoms with Crippen LogP contribution in [0.3, 0.4) is 0 Å². The maximum Gasteiger partial charge on any atom is 0.337 e. The number of hydrogen-bond acceptors (Lipinski definition) is 16. The number of fused-ring (bicyclic) bond motifs is 14. The third-order valence-corrected chi connectivity index (χ3v) is 24.5. The fraction of sp³-hybridized carbons (Fsp3) is 0.547. The molecule has 91 heavy (non-hydrogen) atoms. The number of esters is 1. The summed E-state index contributed by atoms with van der Waals surface area (Å²) in [7, 11) is 0. The molecular weight excluding hydrogens is 1150 g/mol. The van der Waals surface area contributed by atoms with Crippen LogP contribution in [-0.4, -0.2) is 90.5 Å². The number of hydrogen-bond donors (Lipinski definition) is 11. The van der Waals surface area contributed by atoms with E-state index < -0.39 is 83.0 Å². The van der Waals surface area contributed by atoms with E-state index >= 15 is 4.79 Å². The van der Waals surface area contributed by atoms with Crippen LogP contribution in [0.1, 0.15) is 193 Å². The van der Waals surface area contributed by atoms with Crippen LogP contribution in [0.2, 0.25) is 0 Å². The lowest BCUT2D eigenvalue weighted by atomic mass is 9.54. The van der Waals surface area contributed by atoms with Gasteiger partial charge in [-0.15, -0.1) is 0 Å². The van der Waals surface area contributed by atoms with Gasteiger partial charge in [0.25, 0.3) is 0 Å². The Morgan fingerprint density at radius 2 is 1.79 bits per heavy atom. The lowest BCUT2D eigenvalue weighted by molar-refractivity contribution is -0.173. The number of dihydropyridines is 2. The summed E-state index contributed by atoms with van der Waals surface area (Å²) in [5, 5.41) is 95.8. The first-order chi connectivity index (χ1) is 43.8. The van der Waals surface area contributed by atoms with Crippen molar-refractivity contribution in [2.45, 2.75) is 203 Å². The summed E-state index contributed by atoms with van der Waals surface area (Å²) in [6.07, 6.45) is 17.1. The van der Waals surface area contributed by atoms with Crippen molar-refractivity contribution in [3.05, 3.63) is 167 Å². The number of nitrogens with one attached hydrogen (secondary N) is 3. The van der Waals surface area contributed by atoms with Crippen LogP contribution in [0.15, 0.2) is 121 Å². The van der Waals surface area contributed by atoms with Crippen LogP contribution < -0.4 is 31.8 Å². The van der Waals surface area contributed by atoms with E-state index in [-0.39, 0.29) is 99.9 Å². The summed E-state index contributed by atoms with van der Waals surface area (Å²) >= 11 is 0. The lowest BCUT2D eigenvalue weighted by Crippen LogP contribution is -2.60. The number of aliphatic hydroxyl groups excluding tert-OH is 4. The van der Waals surface area contributed by atoms with Gasteiger partial charge in [0.05, 0.1) is 30.0 Å². The van der Waals surface area contributed by atoms with Crippen LogP contribution in [0.25, 0.3) is 11.0 Å². The van der Waals surface area contributed by atoms with Crippen LogP contribution in [-0.2, 0) is 29.0 Å². The first-order valence-electron chi connectivity index (χ1n) is 34.0. The highest BCUT2D eigenvalue weighted by Crippen LogP contribution is 2.67. The van der Waals surface area contributed by atoms with Crippen molar-refractivity contribution < 1.29 is 54.4 Å². The van der Waals surface area contributed by atoms with E-state index in [9.17, 15) is 40.5 Å². The predicted octanol–water partition coefficient (Wildman–Crippen LogP) is 9.89. The summed E-state index contributed by atoms with van der Waals surface area (Å²) in [6, 6.07) is 13.0. The molecule has 16 nitrogen and oxygen atoms in total. The molecule has 1 unspecified atom stereocenters. The highest BCUT2D eigenvalue weighted by molar-refractivity contribution is 5.93. The number of aromatic hydroxyl groups is 2. The van der Waals surface area contributed by atoms with Crippen molar-refractivity contribution in [1.82, 2.24) is 16.0 Å². The van der Waals surface area contributed by atoms with Gasteiger partial charge in [0.1, 0.15) is 64.3 Å². The van der Waals surface area contributed by atoms with E-state index in [4.69, 9.17) is 19.6 Å². The number of ether oxygens (including phenoxy) is 2. The minimum absolute atomic E-state index is 0.0125. The molecule has 0 radical (unpaired) electrons. The summed E-state index contributed by atoms with van der Waals surface area (Å²) in [4.78, 5) is 31.2. The standard InChI is InChI=1S/C75H90N4O12/c1-6-56(75(88)32-41-25-43(75)24-39-23-40(26-45(83)22-36(2)3)66(85)52-11-9-10-48(41)60(39)52)72(87)90-59-30-54-67(86)63-58(84)29-46(34-80)89-69(63)64-61-51-18-21-77-70(76)62(51)65(74(19-7-8-20-74)31-38-13-14-44(82)28-53(38)55(61)35-81)50-17-16-47-42(27-57(50)73(59,5)91-68(54)64)33-78-71-49(47)15-12-37(4)79-71/h6,9-15,18,28-29,33,36-37,39-41,43,45,50,55,57,59,61,65-66,71,77-83,85-86,88H,7-8,16-17,19-27,30-32,34-35,76H2,1-5H3/b56-6+/t37-,39-,40+,41+,43-,45-,50-,55-,57-,59-,61+,65-,66+,71?,73+,75+/m1/s1. The number of benzene rings is 3. The quantitative estimate of drug-likeness (QED) is 0.0550. The Morgan fingerprint density at radius 1 is 1.00 bits per heavy atom. The van der Waals surface area contributed by atoms with Crippen molar-refractivity contribution >= 4 is 16.9 Å². The number of aliphatic hydroxyl groups is 5. The molecule has 4 aromatic rings. The average molecular weight is 1240 g/mol. The maximum absolute atomic E-state index is 16.2. The second-order valence-corrected chi connectivity index (χ2v) is 29.9. The number of nitrogens with two attached hydrogens (primary N) is 1. The summed E-state index contributed by atoms with van der Waals surface area (Å²) in [5.74, 6) is -3.52. The van der Waals surface area contributed by atoms with E-state index in [1.165, 1.54) is 17.2 Å². The molecule has 0 amide bonds. The molecule has 12 N–H and O–H groups in total. The normalized spacial score (nSPS) is 34.5. The van der Waals surface area contributed by atoms with Gasteiger partial charge in [0, 0.05) is 60.2 Å². The number of phenolic OH excluding ortho intramolecular Hbond substituents is 2. The van der Waals surface area contributed by atoms with Crippen molar-refractivity contribution in [1.29, 1.82) is 0 Å². The minimum atomic E-state index is -1.63. The van der Waals surface area contributed by atoms with Gasteiger partial charge in [-0.3, -0.25) is 10.1 Å². The summed E-state index contributed by atoms with van der Waals surface area (Å²) in [6.45, 7) is 9.45. The van der Waals surface area contributed by atoms with Crippen LogP contribution in [0.5, 0.6) is 17.2 Å². The number of rotatable bonds is 9. The molecule has 0 saturated heterocycles. The fourth-order valence-corrected chi connectivity index (χ4v) is 20.8. The number of carbonyl (C=O) groups is 1. The third kappa shape index (κ3) is 9.47. The predicted molar refractivity (Wildman–Crippen MR) is 344 cm³/mol. The lowest BCUT2D eigenvalue weighted by Gasteiger charge is -2.55.